The number of likely N-dealkylation sites (N-methyl/N-ethyl adjacent to an activating group) is 1. The quantitative estimate of drug-likeness (QED) is 0.848. The lowest BCUT2D eigenvalue weighted by Gasteiger charge is -2.26. The zero-order chi connectivity index (χ0) is 14.6. The highest BCUT2D eigenvalue weighted by Crippen LogP contribution is 2.26. The van der Waals surface area contributed by atoms with E-state index in [1.807, 2.05) is 13.0 Å². The summed E-state index contributed by atoms with van der Waals surface area (Å²) in [4.78, 5) is 14.8. The van der Waals surface area contributed by atoms with Gasteiger partial charge in [-0.3, -0.25) is 4.79 Å². The number of rotatable bonds is 5. The molecule has 0 fully saturated rings. The van der Waals surface area contributed by atoms with Crippen LogP contribution < -0.4 is 0 Å². The van der Waals surface area contributed by atoms with Gasteiger partial charge in [-0.2, -0.15) is 0 Å². The number of nitrogens with zero attached hydrogens (tertiary/aromatic N) is 1. The number of carbonyl (C=O) groups is 1. The Bertz CT molecular complexity index is 457. The van der Waals surface area contributed by atoms with E-state index in [9.17, 15) is 9.90 Å². The fraction of sp³-hybridized carbons (Fsp3) is 0.500. The van der Waals surface area contributed by atoms with Gasteiger partial charge in [-0.25, -0.2) is 0 Å². The molecule has 0 atom stereocenters. The van der Waals surface area contributed by atoms with Crippen LogP contribution >= 0.6 is 23.4 Å². The van der Waals surface area contributed by atoms with Gasteiger partial charge in [-0.05, 0) is 37.8 Å². The minimum Gasteiger partial charge on any atom is -0.389 e. The first-order valence-corrected chi connectivity index (χ1v) is 7.51. The molecular formula is C14H20ClNO2S. The van der Waals surface area contributed by atoms with E-state index in [1.54, 1.807) is 44.8 Å². The molecule has 0 aromatic heterocycles. The van der Waals surface area contributed by atoms with Gasteiger partial charge in [0, 0.05) is 23.5 Å². The number of hydrogen-bond donors (Lipinski definition) is 1. The molecule has 0 bridgehead atoms. The lowest BCUT2D eigenvalue weighted by molar-refractivity contribution is 0.0366. The Balaban J connectivity index is 3.00. The molecule has 0 spiro atoms. The molecule has 0 unspecified atom stereocenters. The van der Waals surface area contributed by atoms with Crippen molar-refractivity contribution in [1.29, 1.82) is 0 Å². The van der Waals surface area contributed by atoms with E-state index in [4.69, 9.17) is 11.6 Å². The van der Waals surface area contributed by atoms with E-state index in [1.165, 1.54) is 4.90 Å². The average molecular weight is 302 g/mol. The summed E-state index contributed by atoms with van der Waals surface area (Å²) in [6, 6.07) is 5.33. The first kappa shape index (κ1) is 16.3. The molecule has 106 valence electrons. The molecule has 1 aromatic rings. The fourth-order valence-corrected chi connectivity index (χ4v) is 2.76. The third kappa shape index (κ3) is 5.05. The van der Waals surface area contributed by atoms with Crippen LogP contribution in [-0.4, -0.2) is 40.9 Å². The minimum absolute atomic E-state index is 0.124. The van der Waals surface area contributed by atoms with Gasteiger partial charge < -0.3 is 10.0 Å². The molecule has 5 heteroatoms. The second kappa shape index (κ2) is 6.64. The number of benzene rings is 1. The van der Waals surface area contributed by atoms with E-state index >= 15 is 0 Å². The normalized spacial score (nSPS) is 11.5. The maximum Gasteiger partial charge on any atom is 0.254 e. The van der Waals surface area contributed by atoms with Crippen LogP contribution in [0.2, 0.25) is 5.02 Å². The summed E-state index contributed by atoms with van der Waals surface area (Å²) in [5.41, 5.74) is -0.327. The number of hydrogen-bond acceptors (Lipinski definition) is 3. The molecule has 3 nitrogen and oxygen atoms in total. The molecule has 0 aliphatic rings. The van der Waals surface area contributed by atoms with Crippen molar-refractivity contribution in [3.63, 3.8) is 0 Å². The average Bonchev–Trinajstić information content (AvgIpc) is 2.28. The van der Waals surface area contributed by atoms with Gasteiger partial charge in [0.2, 0.25) is 0 Å². The molecule has 1 rings (SSSR count). The largest absolute Gasteiger partial charge is 0.389 e. The number of amides is 1. The first-order chi connectivity index (χ1) is 8.74. The summed E-state index contributed by atoms with van der Waals surface area (Å²) in [6.45, 7) is 5.66. The molecular weight excluding hydrogens is 282 g/mol. The van der Waals surface area contributed by atoms with Crippen LogP contribution in [0.25, 0.3) is 0 Å². The third-order valence-electron chi connectivity index (χ3n) is 2.44. The van der Waals surface area contributed by atoms with Crippen LogP contribution in [0.15, 0.2) is 23.1 Å². The second-order valence-corrected chi connectivity index (χ2v) is 6.79. The van der Waals surface area contributed by atoms with Crippen molar-refractivity contribution >= 4 is 29.3 Å². The van der Waals surface area contributed by atoms with Gasteiger partial charge in [0.15, 0.2) is 0 Å². The highest BCUT2D eigenvalue weighted by atomic mass is 35.5. The van der Waals surface area contributed by atoms with E-state index in [0.29, 0.717) is 10.6 Å². The van der Waals surface area contributed by atoms with E-state index in [0.717, 1.165) is 10.6 Å². The zero-order valence-corrected chi connectivity index (χ0v) is 13.3. The predicted octanol–water partition coefficient (Wildman–Crippen LogP) is 3.29. The zero-order valence-electron chi connectivity index (χ0n) is 11.7. The summed E-state index contributed by atoms with van der Waals surface area (Å²) >= 11 is 7.58. The summed E-state index contributed by atoms with van der Waals surface area (Å²) in [7, 11) is 1.68. The Labute approximate surface area is 123 Å². The van der Waals surface area contributed by atoms with Crippen molar-refractivity contribution in [1.82, 2.24) is 4.90 Å². The third-order valence-corrected chi connectivity index (χ3v) is 3.63. The van der Waals surface area contributed by atoms with E-state index < -0.39 is 5.60 Å². The lowest BCUT2D eigenvalue weighted by Crippen LogP contribution is -2.39. The maximum absolute atomic E-state index is 12.4. The van der Waals surface area contributed by atoms with Gasteiger partial charge in [0.1, 0.15) is 0 Å². The van der Waals surface area contributed by atoms with Crippen molar-refractivity contribution < 1.29 is 9.90 Å². The van der Waals surface area contributed by atoms with Gasteiger partial charge in [-0.15, -0.1) is 11.8 Å². The molecule has 1 aromatic carbocycles. The second-order valence-electron chi connectivity index (χ2n) is 5.05. The van der Waals surface area contributed by atoms with Crippen molar-refractivity contribution in [3.05, 3.63) is 28.8 Å². The van der Waals surface area contributed by atoms with Gasteiger partial charge in [0.25, 0.3) is 5.91 Å². The highest BCUT2D eigenvalue weighted by molar-refractivity contribution is 7.99. The Morgan fingerprint density at radius 3 is 2.63 bits per heavy atom. The predicted molar refractivity (Wildman–Crippen MR) is 81.1 cm³/mol. The molecule has 0 radical (unpaired) electrons. The lowest BCUT2D eigenvalue weighted by atomic mass is 10.1. The number of aliphatic hydroxyl groups is 1. The van der Waals surface area contributed by atoms with E-state index in [-0.39, 0.29) is 12.5 Å². The van der Waals surface area contributed by atoms with Crippen LogP contribution in [0, 0.1) is 0 Å². The van der Waals surface area contributed by atoms with Crippen LogP contribution in [0.4, 0.5) is 0 Å². The molecule has 0 heterocycles. The summed E-state index contributed by atoms with van der Waals surface area (Å²) in [6.07, 6.45) is 0. The van der Waals surface area contributed by atoms with E-state index in [2.05, 4.69) is 0 Å². The molecule has 0 aliphatic heterocycles. The van der Waals surface area contributed by atoms with Crippen molar-refractivity contribution in [2.24, 2.45) is 0 Å². The smallest absolute Gasteiger partial charge is 0.254 e. The summed E-state index contributed by atoms with van der Waals surface area (Å²) < 4.78 is 0. The standard InChI is InChI=1S/C14H20ClNO2S/c1-5-19-12-7-6-10(15)8-11(12)13(17)16(4)9-14(2,3)18/h6-8,18H,5,9H2,1-4H3. The molecule has 0 saturated heterocycles. The highest BCUT2D eigenvalue weighted by Gasteiger charge is 2.22. The summed E-state index contributed by atoms with van der Waals surface area (Å²) in [5, 5.41) is 10.3. The Kier molecular flexibility index (Phi) is 5.71. The van der Waals surface area contributed by atoms with Gasteiger partial charge >= 0.3 is 0 Å². The molecule has 0 aliphatic carbocycles. The van der Waals surface area contributed by atoms with Gasteiger partial charge in [0.05, 0.1) is 11.2 Å². The van der Waals surface area contributed by atoms with Gasteiger partial charge in [-0.1, -0.05) is 18.5 Å². The molecule has 19 heavy (non-hydrogen) atoms. The van der Waals surface area contributed by atoms with Crippen molar-refractivity contribution in [3.8, 4) is 0 Å². The first-order valence-electron chi connectivity index (χ1n) is 6.15. The number of halogens is 1. The number of thioether (sulfide) groups is 1. The van der Waals surface area contributed by atoms with Crippen LogP contribution in [0.5, 0.6) is 0 Å². The Hall–Kier alpha value is -0.710. The van der Waals surface area contributed by atoms with Crippen LogP contribution in [0.1, 0.15) is 31.1 Å². The Morgan fingerprint density at radius 2 is 2.11 bits per heavy atom. The van der Waals surface area contributed by atoms with Crippen LogP contribution in [0.3, 0.4) is 0 Å². The molecule has 1 amide bonds. The topological polar surface area (TPSA) is 40.5 Å². The molecule has 0 saturated carbocycles. The van der Waals surface area contributed by atoms with Crippen LogP contribution in [-0.2, 0) is 0 Å². The Morgan fingerprint density at radius 1 is 1.47 bits per heavy atom. The summed E-state index contributed by atoms with van der Waals surface area (Å²) in [5.74, 6) is 0.762. The minimum atomic E-state index is -0.916. The number of carbonyl (C=O) groups excluding carboxylic acids is 1. The van der Waals surface area contributed by atoms with Crippen molar-refractivity contribution in [2.45, 2.75) is 31.3 Å². The molecule has 1 N–H and O–H groups in total. The van der Waals surface area contributed by atoms with Crippen molar-refractivity contribution in [2.75, 3.05) is 19.3 Å². The monoisotopic (exact) mass is 301 g/mol. The SMILES string of the molecule is CCSc1ccc(Cl)cc1C(=O)N(C)CC(C)(C)O. The fourth-order valence-electron chi connectivity index (χ4n) is 1.81. The maximum atomic E-state index is 12.4.